The zero-order valence-corrected chi connectivity index (χ0v) is 16.2. The van der Waals surface area contributed by atoms with Crippen molar-refractivity contribution in [2.75, 3.05) is 18.4 Å². The Bertz CT molecular complexity index is 638. The van der Waals surface area contributed by atoms with Gasteiger partial charge in [0, 0.05) is 18.8 Å². The van der Waals surface area contributed by atoms with Gasteiger partial charge in [-0.2, -0.15) is 0 Å². The standard InChI is InChI=1S/C20H30N2O3/c1-13-10-14(2)17(15(3)11-13)21-18(23)16-8-7-9-22(12-16)19(24)25-20(4,5)6/h10-11,16H,7-9,12H2,1-6H3,(H,21,23). The number of piperidine rings is 1. The van der Waals surface area contributed by atoms with Gasteiger partial charge in [-0.15, -0.1) is 0 Å². The Morgan fingerprint density at radius 1 is 1.16 bits per heavy atom. The van der Waals surface area contributed by atoms with Gasteiger partial charge in [-0.25, -0.2) is 4.79 Å². The molecule has 1 fully saturated rings. The van der Waals surface area contributed by atoms with Gasteiger partial charge in [-0.3, -0.25) is 4.79 Å². The second kappa shape index (κ2) is 7.46. The molecule has 5 heteroatoms. The summed E-state index contributed by atoms with van der Waals surface area (Å²) >= 11 is 0. The fraction of sp³-hybridized carbons (Fsp3) is 0.600. The van der Waals surface area contributed by atoms with Crippen molar-refractivity contribution in [3.63, 3.8) is 0 Å². The van der Waals surface area contributed by atoms with Gasteiger partial charge < -0.3 is 15.0 Å². The van der Waals surface area contributed by atoms with E-state index in [2.05, 4.69) is 17.4 Å². The van der Waals surface area contributed by atoms with Gasteiger partial charge in [0.25, 0.3) is 0 Å². The third-order valence-corrected chi connectivity index (χ3v) is 4.37. The molecule has 0 spiro atoms. The Kier molecular flexibility index (Phi) is 5.76. The predicted molar refractivity (Wildman–Crippen MR) is 99.8 cm³/mol. The number of carbonyl (C=O) groups excluding carboxylic acids is 2. The van der Waals surface area contributed by atoms with Crippen molar-refractivity contribution in [1.29, 1.82) is 0 Å². The molecule has 2 rings (SSSR count). The van der Waals surface area contributed by atoms with Crippen molar-refractivity contribution in [1.82, 2.24) is 4.90 Å². The van der Waals surface area contributed by atoms with Crippen molar-refractivity contribution in [3.8, 4) is 0 Å². The summed E-state index contributed by atoms with van der Waals surface area (Å²) in [6, 6.07) is 4.13. The fourth-order valence-electron chi connectivity index (χ4n) is 3.29. The number of nitrogens with zero attached hydrogens (tertiary/aromatic N) is 1. The SMILES string of the molecule is Cc1cc(C)c(NC(=O)C2CCCN(C(=O)OC(C)(C)C)C2)c(C)c1. The molecule has 0 bridgehead atoms. The molecule has 5 nitrogen and oxygen atoms in total. The van der Waals surface area contributed by atoms with E-state index in [0.717, 1.165) is 29.7 Å². The van der Waals surface area contributed by atoms with Crippen LogP contribution in [0.5, 0.6) is 0 Å². The average Bonchev–Trinajstić information content (AvgIpc) is 2.49. The number of nitrogens with one attached hydrogen (secondary N) is 1. The summed E-state index contributed by atoms with van der Waals surface area (Å²) in [5, 5.41) is 3.07. The predicted octanol–water partition coefficient (Wildman–Crippen LogP) is 4.20. The Labute approximate surface area is 150 Å². The van der Waals surface area contributed by atoms with Crippen molar-refractivity contribution in [2.45, 2.75) is 60.0 Å². The Morgan fingerprint density at radius 3 is 2.32 bits per heavy atom. The average molecular weight is 346 g/mol. The molecule has 1 aliphatic heterocycles. The van der Waals surface area contributed by atoms with Crippen LogP contribution < -0.4 is 5.32 Å². The monoisotopic (exact) mass is 346 g/mol. The van der Waals surface area contributed by atoms with Crippen LogP contribution in [0.1, 0.15) is 50.3 Å². The lowest BCUT2D eigenvalue weighted by molar-refractivity contribution is -0.121. The fourth-order valence-corrected chi connectivity index (χ4v) is 3.29. The van der Waals surface area contributed by atoms with Gasteiger partial charge in [0.15, 0.2) is 0 Å². The summed E-state index contributed by atoms with van der Waals surface area (Å²) in [4.78, 5) is 26.6. The third-order valence-electron chi connectivity index (χ3n) is 4.37. The summed E-state index contributed by atoms with van der Waals surface area (Å²) in [7, 11) is 0. The van der Waals surface area contributed by atoms with E-state index in [1.54, 1.807) is 4.90 Å². The molecule has 1 saturated heterocycles. The minimum absolute atomic E-state index is 0.0247. The van der Waals surface area contributed by atoms with Gasteiger partial charge >= 0.3 is 6.09 Å². The molecule has 138 valence electrons. The number of anilines is 1. The highest BCUT2D eigenvalue weighted by molar-refractivity contribution is 5.94. The van der Waals surface area contributed by atoms with E-state index in [1.807, 2.05) is 41.5 Å². The first kappa shape index (κ1) is 19.3. The number of hydrogen-bond donors (Lipinski definition) is 1. The minimum Gasteiger partial charge on any atom is -0.444 e. The molecule has 1 heterocycles. The summed E-state index contributed by atoms with van der Waals surface area (Å²) in [5.74, 6) is -0.232. The number of benzene rings is 1. The van der Waals surface area contributed by atoms with Crippen LogP contribution in [0.15, 0.2) is 12.1 Å². The number of hydrogen-bond acceptors (Lipinski definition) is 3. The highest BCUT2D eigenvalue weighted by Crippen LogP contribution is 2.25. The second-order valence-corrected chi connectivity index (χ2v) is 8.03. The maximum Gasteiger partial charge on any atom is 0.410 e. The molecule has 0 aromatic heterocycles. The van der Waals surface area contributed by atoms with E-state index in [-0.39, 0.29) is 17.9 Å². The van der Waals surface area contributed by atoms with Gasteiger partial charge in [-0.05, 0) is 65.5 Å². The largest absolute Gasteiger partial charge is 0.444 e. The summed E-state index contributed by atoms with van der Waals surface area (Å²) < 4.78 is 5.43. The number of likely N-dealkylation sites (tertiary alicyclic amines) is 1. The topological polar surface area (TPSA) is 58.6 Å². The number of rotatable bonds is 2. The van der Waals surface area contributed by atoms with E-state index in [0.29, 0.717) is 13.1 Å². The molecular formula is C20H30N2O3. The van der Waals surface area contributed by atoms with Crippen LogP contribution in [-0.4, -0.2) is 35.6 Å². The Hall–Kier alpha value is -2.04. The summed E-state index contributed by atoms with van der Waals surface area (Å²) in [5.41, 5.74) is 3.66. The van der Waals surface area contributed by atoms with E-state index < -0.39 is 5.60 Å². The quantitative estimate of drug-likeness (QED) is 0.873. The number of amides is 2. The first-order valence-electron chi connectivity index (χ1n) is 8.93. The van der Waals surface area contributed by atoms with Gasteiger partial charge in [-0.1, -0.05) is 17.7 Å². The molecule has 1 unspecified atom stereocenters. The van der Waals surface area contributed by atoms with E-state index >= 15 is 0 Å². The highest BCUT2D eigenvalue weighted by atomic mass is 16.6. The normalized spacial score (nSPS) is 18.0. The lowest BCUT2D eigenvalue weighted by atomic mass is 9.96. The molecule has 0 radical (unpaired) electrons. The van der Waals surface area contributed by atoms with Crippen LogP contribution in [0.3, 0.4) is 0 Å². The first-order valence-corrected chi connectivity index (χ1v) is 8.93. The van der Waals surface area contributed by atoms with Gasteiger partial charge in [0.1, 0.15) is 5.60 Å². The van der Waals surface area contributed by atoms with E-state index in [9.17, 15) is 9.59 Å². The zero-order chi connectivity index (χ0) is 18.8. The molecule has 1 aromatic carbocycles. The van der Waals surface area contributed by atoms with Crippen LogP contribution >= 0.6 is 0 Å². The lowest BCUT2D eigenvalue weighted by Crippen LogP contribution is -2.45. The van der Waals surface area contributed by atoms with Gasteiger partial charge in [0.05, 0.1) is 5.92 Å². The molecule has 25 heavy (non-hydrogen) atoms. The first-order chi connectivity index (χ1) is 11.6. The molecule has 1 atom stereocenters. The number of carbonyl (C=O) groups is 2. The zero-order valence-electron chi connectivity index (χ0n) is 16.2. The summed E-state index contributed by atoms with van der Waals surface area (Å²) in [6.07, 6.45) is 1.26. The van der Waals surface area contributed by atoms with E-state index in [4.69, 9.17) is 4.74 Å². The van der Waals surface area contributed by atoms with Crippen molar-refractivity contribution in [3.05, 3.63) is 28.8 Å². The van der Waals surface area contributed by atoms with Crippen LogP contribution in [0, 0.1) is 26.7 Å². The number of aryl methyl sites for hydroxylation is 3. The molecular weight excluding hydrogens is 316 g/mol. The van der Waals surface area contributed by atoms with Crippen LogP contribution in [0.2, 0.25) is 0 Å². The molecule has 1 N–H and O–H groups in total. The second-order valence-electron chi connectivity index (χ2n) is 8.03. The summed E-state index contributed by atoms with van der Waals surface area (Å²) in [6.45, 7) is 12.6. The van der Waals surface area contributed by atoms with Crippen molar-refractivity contribution < 1.29 is 14.3 Å². The molecule has 2 amide bonds. The van der Waals surface area contributed by atoms with Crippen molar-refractivity contribution >= 4 is 17.7 Å². The van der Waals surface area contributed by atoms with Crippen LogP contribution in [-0.2, 0) is 9.53 Å². The lowest BCUT2D eigenvalue weighted by Gasteiger charge is -2.33. The van der Waals surface area contributed by atoms with Crippen molar-refractivity contribution in [2.24, 2.45) is 5.92 Å². The smallest absolute Gasteiger partial charge is 0.410 e. The molecule has 1 aliphatic rings. The highest BCUT2D eigenvalue weighted by Gasteiger charge is 2.31. The van der Waals surface area contributed by atoms with Crippen LogP contribution in [0.25, 0.3) is 0 Å². The Morgan fingerprint density at radius 2 is 1.76 bits per heavy atom. The Balaban J connectivity index is 2.04. The number of ether oxygens (including phenoxy) is 1. The maximum atomic E-state index is 12.7. The van der Waals surface area contributed by atoms with Gasteiger partial charge in [0.2, 0.25) is 5.91 Å². The minimum atomic E-state index is -0.525. The molecule has 0 aliphatic carbocycles. The van der Waals surface area contributed by atoms with Crippen LogP contribution in [0.4, 0.5) is 10.5 Å². The molecule has 1 aromatic rings. The third kappa shape index (κ3) is 5.21. The maximum absolute atomic E-state index is 12.7. The van der Waals surface area contributed by atoms with E-state index in [1.165, 1.54) is 5.56 Å². The molecule has 0 saturated carbocycles.